The molecule has 0 aliphatic carbocycles. The van der Waals surface area contributed by atoms with Gasteiger partial charge in [0.1, 0.15) is 5.54 Å². The number of rotatable bonds is 2. The first-order valence-electron chi connectivity index (χ1n) is 11.5. The van der Waals surface area contributed by atoms with Crippen LogP contribution in [0.15, 0.2) is 30.3 Å². The van der Waals surface area contributed by atoms with Gasteiger partial charge in [-0.25, -0.2) is 4.90 Å². The van der Waals surface area contributed by atoms with Crippen LogP contribution in [-0.2, 0) is 19.9 Å². The Labute approximate surface area is 195 Å². The maximum absolute atomic E-state index is 14.1. The third-order valence-electron chi connectivity index (χ3n) is 8.41. The molecule has 174 valence electrons. The zero-order chi connectivity index (χ0) is 24.1. The Kier molecular flexibility index (Phi) is 4.15. The lowest BCUT2D eigenvalue weighted by molar-refractivity contribution is -0.385. The molecule has 4 atom stereocenters. The number of fused-ring (bicyclic) bond motifs is 7. The van der Waals surface area contributed by atoms with Gasteiger partial charge >= 0.3 is 0 Å². The van der Waals surface area contributed by atoms with E-state index < -0.39 is 28.2 Å². The average molecular weight is 460 g/mol. The Morgan fingerprint density at radius 1 is 1.06 bits per heavy atom. The summed E-state index contributed by atoms with van der Waals surface area (Å²) >= 11 is 0. The van der Waals surface area contributed by atoms with Crippen molar-refractivity contribution in [3.63, 3.8) is 0 Å². The van der Waals surface area contributed by atoms with Crippen molar-refractivity contribution in [2.24, 2.45) is 11.8 Å². The van der Waals surface area contributed by atoms with Crippen LogP contribution in [0.25, 0.3) is 0 Å². The molecule has 0 radical (unpaired) electrons. The monoisotopic (exact) mass is 460 g/mol. The summed E-state index contributed by atoms with van der Waals surface area (Å²) < 4.78 is 0. The average Bonchev–Trinajstić information content (AvgIpc) is 3.50. The molecule has 0 aromatic heterocycles. The highest BCUT2D eigenvalue weighted by molar-refractivity contribution is 6.26. The number of nitrogens with one attached hydrogen (secondary N) is 1. The van der Waals surface area contributed by atoms with Crippen molar-refractivity contribution in [1.82, 2.24) is 4.90 Å². The molecule has 9 heteroatoms. The second kappa shape index (κ2) is 6.73. The van der Waals surface area contributed by atoms with Gasteiger partial charge < -0.3 is 5.32 Å². The number of nitro groups is 1. The van der Waals surface area contributed by atoms with Gasteiger partial charge in [0.15, 0.2) is 0 Å². The SMILES string of the molecule is Cc1ccc2c(c1C)NC(=O)[C@@]21[C@@H]2C(=O)N(c3cccc([N+](=O)[O-])c3C)C(=O)[C@H]2[C@@H]2CCCN21. The predicted molar refractivity (Wildman–Crippen MR) is 123 cm³/mol. The molecule has 0 bridgehead atoms. The van der Waals surface area contributed by atoms with Gasteiger partial charge in [-0.2, -0.15) is 0 Å². The van der Waals surface area contributed by atoms with Crippen LogP contribution in [0.2, 0.25) is 0 Å². The molecular formula is C25H24N4O5. The number of nitro benzene ring substituents is 1. The van der Waals surface area contributed by atoms with E-state index in [0.717, 1.165) is 40.1 Å². The summed E-state index contributed by atoms with van der Waals surface area (Å²) in [5.41, 5.74) is 2.53. The molecule has 4 heterocycles. The van der Waals surface area contributed by atoms with Crippen molar-refractivity contribution in [2.75, 3.05) is 16.8 Å². The summed E-state index contributed by atoms with van der Waals surface area (Å²) in [6.45, 7) is 6.10. The minimum Gasteiger partial charge on any atom is -0.324 e. The maximum Gasteiger partial charge on any atom is 0.274 e. The molecule has 9 nitrogen and oxygen atoms in total. The van der Waals surface area contributed by atoms with Gasteiger partial charge in [0, 0.05) is 23.4 Å². The van der Waals surface area contributed by atoms with Crippen molar-refractivity contribution in [2.45, 2.75) is 45.2 Å². The fourth-order valence-corrected chi connectivity index (χ4v) is 6.81. The number of aryl methyl sites for hydroxylation is 1. The lowest BCUT2D eigenvalue weighted by atomic mass is 9.75. The number of benzene rings is 2. The van der Waals surface area contributed by atoms with Gasteiger partial charge in [0.2, 0.25) is 17.7 Å². The van der Waals surface area contributed by atoms with Crippen molar-refractivity contribution in [3.05, 3.63) is 62.7 Å². The van der Waals surface area contributed by atoms with Crippen molar-refractivity contribution >= 4 is 34.8 Å². The molecule has 0 unspecified atom stereocenters. The first-order chi connectivity index (χ1) is 16.2. The molecule has 6 rings (SSSR count). The molecule has 4 aliphatic rings. The zero-order valence-electron chi connectivity index (χ0n) is 19.1. The Hall–Kier alpha value is -3.59. The third kappa shape index (κ3) is 2.25. The minimum absolute atomic E-state index is 0.151. The number of amides is 3. The van der Waals surface area contributed by atoms with E-state index in [0.29, 0.717) is 6.54 Å². The molecule has 2 aromatic rings. The van der Waals surface area contributed by atoms with E-state index in [-0.39, 0.29) is 34.8 Å². The highest BCUT2D eigenvalue weighted by Crippen LogP contribution is 2.61. The third-order valence-corrected chi connectivity index (χ3v) is 8.41. The van der Waals surface area contributed by atoms with E-state index in [1.54, 1.807) is 13.0 Å². The summed E-state index contributed by atoms with van der Waals surface area (Å²) in [5.74, 6) is -2.67. The van der Waals surface area contributed by atoms with E-state index in [1.807, 2.05) is 26.0 Å². The number of nitrogens with zero attached hydrogens (tertiary/aromatic N) is 3. The standard InChI is InChI=1S/C25H24N4O5/c1-12-9-10-15-21(13(12)2)26-24(32)25(15)20-19(18-8-5-11-27(18)25)22(30)28(23(20)31)16-6-4-7-17(14(16)3)29(33)34/h4,6-7,9-10,18-20H,5,8,11H2,1-3H3,(H,26,32)/t18-,19-,20-,25-/m0/s1. The summed E-state index contributed by atoms with van der Waals surface area (Å²) in [6.07, 6.45) is 1.55. The van der Waals surface area contributed by atoms with E-state index in [4.69, 9.17) is 0 Å². The minimum atomic E-state index is -1.25. The van der Waals surface area contributed by atoms with E-state index in [1.165, 1.54) is 12.1 Å². The van der Waals surface area contributed by atoms with Crippen molar-refractivity contribution in [1.29, 1.82) is 0 Å². The van der Waals surface area contributed by atoms with Crippen LogP contribution in [0, 0.1) is 42.7 Å². The highest BCUT2D eigenvalue weighted by atomic mass is 16.6. The summed E-state index contributed by atoms with van der Waals surface area (Å²) in [6, 6.07) is 8.04. The fourth-order valence-electron chi connectivity index (χ4n) is 6.81. The van der Waals surface area contributed by atoms with Gasteiger partial charge in [-0.3, -0.25) is 29.4 Å². The van der Waals surface area contributed by atoms with Crippen LogP contribution < -0.4 is 10.2 Å². The largest absolute Gasteiger partial charge is 0.324 e. The summed E-state index contributed by atoms with van der Waals surface area (Å²) in [4.78, 5) is 55.8. The predicted octanol–water partition coefficient (Wildman–Crippen LogP) is 2.95. The van der Waals surface area contributed by atoms with Crippen LogP contribution >= 0.6 is 0 Å². The second-order valence-electron chi connectivity index (χ2n) is 9.75. The smallest absolute Gasteiger partial charge is 0.274 e. The van der Waals surface area contributed by atoms with Gasteiger partial charge in [0.05, 0.1) is 28.0 Å². The lowest BCUT2D eigenvalue weighted by Crippen LogP contribution is -2.54. The number of hydrogen-bond acceptors (Lipinski definition) is 6. The summed E-state index contributed by atoms with van der Waals surface area (Å²) in [5, 5.41) is 14.5. The Balaban J connectivity index is 1.56. The summed E-state index contributed by atoms with van der Waals surface area (Å²) in [7, 11) is 0. The molecule has 3 fully saturated rings. The number of anilines is 2. The zero-order valence-corrected chi connectivity index (χ0v) is 19.1. The molecule has 3 saturated heterocycles. The van der Waals surface area contributed by atoms with Crippen molar-refractivity contribution < 1.29 is 19.3 Å². The van der Waals surface area contributed by atoms with Gasteiger partial charge in [-0.05, 0) is 57.4 Å². The number of carbonyl (C=O) groups excluding carboxylic acids is 3. The highest BCUT2D eigenvalue weighted by Gasteiger charge is 2.74. The Morgan fingerprint density at radius 3 is 2.56 bits per heavy atom. The van der Waals surface area contributed by atoms with E-state index in [2.05, 4.69) is 10.2 Å². The maximum atomic E-state index is 14.1. The van der Waals surface area contributed by atoms with E-state index >= 15 is 0 Å². The Morgan fingerprint density at radius 2 is 1.82 bits per heavy atom. The lowest BCUT2D eigenvalue weighted by Gasteiger charge is -2.36. The Bertz CT molecular complexity index is 1340. The molecule has 1 spiro atoms. The molecule has 2 aromatic carbocycles. The van der Waals surface area contributed by atoms with Gasteiger partial charge in [-0.1, -0.05) is 18.2 Å². The van der Waals surface area contributed by atoms with Crippen molar-refractivity contribution in [3.8, 4) is 0 Å². The van der Waals surface area contributed by atoms with Gasteiger partial charge in [-0.15, -0.1) is 0 Å². The number of imide groups is 1. The van der Waals surface area contributed by atoms with Crippen LogP contribution in [0.3, 0.4) is 0 Å². The van der Waals surface area contributed by atoms with Crippen LogP contribution in [0.1, 0.15) is 35.1 Å². The first kappa shape index (κ1) is 21.0. The molecule has 0 saturated carbocycles. The number of carbonyl (C=O) groups is 3. The molecule has 3 amide bonds. The first-order valence-corrected chi connectivity index (χ1v) is 11.5. The number of hydrogen-bond donors (Lipinski definition) is 1. The molecule has 4 aliphatic heterocycles. The van der Waals surface area contributed by atoms with Crippen LogP contribution in [0.4, 0.5) is 17.1 Å². The normalized spacial score (nSPS) is 29.6. The topological polar surface area (TPSA) is 113 Å². The second-order valence-corrected chi connectivity index (χ2v) is 9.75. The molecule has 34 heavy (non-hydrogen) atoms. The van der Waals surface area contributed by atoms with E-state index in [9.17, 15) is 24.5 Å². The quantitative estimate of drug-likeness (QED) is 0.419. The molecule has 1 N–H and O–H groups in total. The fraction of sp³-hybridized carbons (Fsp3) is 0.400. The van der Waals surface area contributed by atoms with Gasteiger partial charge in [0.25, 0.3) is 5.69 Å². The molecular weight excluding hydrogens is 436 g/mol. The van der Waals surface area contributed by atoms with Crippen LogP contribution in [0.5, 0.6) is 0 Å². The van der Waals surface area contributed by atoms with Crippen LogP contribution in [-0.4, -0.2) is 40.1 Å².